The van der Waals surface area contributed by atoms with E-state index in [0.29, 0.717) is 12.5 Å². The summed E-state index contributed by atoms with van der Waals surface area (Å²) in [6.07, 6.45) is 9.30. The second kappa shape index (κ2) is 5.43. The molecule has 0 aromatic carbocycles. The Labute approximate surface area is 82.4 Å². The largest absolute Gasteiger partial charge is 0.327 e. The smallest absolute Gasteiger partial charge is 0.0109 e. The fourth-order valence-electron chi connectivity index (χ4n) is 2.45. The Morgan fingerprint density at radius 1 is 1.31 bits per heavy atom. The van der Waals surface area contributed by atoms with Crippen LogP contribution < -0.4 is 5.73 Å². The molecular formula is C12H23N. The molecule has 1 rings (SSSR count). The molecule has 0 heterocycles. The fraction of sp³-hybridized carbons (Fsp3) is 0.833. The zero-order chi connectivity index (χ0) is 9.68. The van der Waals surface area contributed by atoms with Gasteiger partial charge in [-0.2, -0.15) is 0 Å². The lowest BCUT2D eigenvalue weighted by atomic mass is 9.79. The maximum absolute atomic E-state index is 5.60. The summed E-state index contributed by atoms with van der Waals surface area (Å²) < 4.78 is 0. The zero-order valence-corrected chi connectivity index (χ0v) is 9.05. The van der Waals surface area contributed by atoms with Crippen LogP contribution in [0.2, 0.25) is 0 Å². The molecule has 0 bridgehead atoms. The highest BCUT2D eigenvalue weighted by Crippen LogP contribution is 2.33. The van der Waals surface area contributed by atoms with Gasteiger partial charge in [0.2, 0.25) is 0 Å². The number of nitrogens with two attached hydrogens (primary N) is 1. The number of allylic oxidation sites excluding steroid dienone is 1. The second-order valence-electron chi connectivity index (χ2n) is 4.43. The Kier molecular flexibility index (Phi) is 4.51. The minimum absolute atomic E-state index is 0.687. The molecule has 0 amide bonds. The van der Waals surface area contributed by atoms with E-state index in [1.807, 2.05) is 0 Å². The summed E-state index contributed by atoms with van der Waals surface area (Å²) in [5.41, 5.74) is 7.21. The minimum Gasteiger partial charge on any atom is -0.327 e. The van der Waals surface area contributed by atoms with E-state index >= 15 is 0 Å². The first-order valence-corrected chi connectivity index (χ1v) is 5.65. The predicted molar refractivity (Wildman–Crippen MR) is 58.6 cm³/mol. The second-order valence-corrected chi connectivity index (χ2v) is 4.43. The van der Waals surface area contributed by atoms with Gasteiger partial charge in [0.1, 0.15) is 0 Å². The molecule has 76 valence electrons. The first kappa shape index (κ1) is 10.8. The van der Waals surface area contributed by atoms with Crippen LogP contribution in [-0.4, -0.2) is 6.54 Å². The molecule has 1 fully saturated rings. The highest BCUT2D eigenvalue weighted by atomic mass is 14.5. The van der Waals surface area contributed by atoms with Crippen molar-refractivity contribution in [2.45, 2.75) is 46.0 Å². The number of hydrogen-bond donors (Lipinski definition) is 1. The van der Waals surface area contributed by atoms with Crippen molar-refractivity contribution in [3.8, 4) is 0 Å². The van der Waals surface area contributed by atoms with Gasteiger partial charge in [-0.05, 0) is 24.7 Å². The Balaban J connectivity index is 2.57. The lowest BCUT2D eigenvalue weighted by Crippen LogP contribution is -2.14. The van der Waals surface area contributed by atoms with E-state index in [1.54, 1.807) is 5.57 Å². The molecule has 1 heteroatoms. The van der Waals surface area contributed by atoms with Crippen LogP contribution in [0, 0.1) is 11.8 Å². The van der Waals surface area contributed by atoms with Gasteiger partial charge in [0.25, 0.3) is 0 Å². The molecule has 1 aliphatic rings. The Hall–Kier alpha value is -0.300. The molecule has 1 aliphatic carbocycles. The van der Waals surface area contributed by atoms with Crippen LogP contribution >= 0.6 is 0 Å². The van der Waals surface area contributed by atoms with E-state index in [1.165, 1.54) is 32.1 Å². The van der Waals surface area contributed by atoms with Gasteiger partial charge < -0.3 is 5.73 Å². The molecule has 0 saturated heterocycles. The van der Waals surface area contributed by atoms with Crippen LogP contribution in [0.3, 0.4) is 0 Å². The summed E-state index contributed by atoms with van der Waals surface area (Å²) in [4.78, 5) is 0. The molecule has 0 radical (unpaired) electrons. The molecule has 13 heavy (non-hydrogen) atoms. The van der Waals surface area contributed by atoms with Crippen LogP contribution in [-0.2, 0) is 0 Å². The fourth-order valence-corrected chi connectivity index (χ4v) is 2.45. The molecular weight excluding hydrogens is 158 g/mol. The molecule has 0 aliphatic heterocycles. The molecule has 0 atom stereocenters. The van der Waals surface area contributed by atoms with Crippen LogP contribution in [0.5, 0.6) is 0 Å². The number of hydrogen-bond acceptors (Lipinski definition) is 1. The maximum Gasteiger partial charge on any atom is 0.0109 e. The standard InChI is InChI=1S/C12H23N/c1-10(2)12(8-9-13)11-6-4-3-5-7-11/h8,10-11H,3-7,9,13H2,1-2H3/b12-8+. The van der Waals surface area contributed by atoms with Crippen molar-refractivity contribution in [1.82, 2.24) is 0 Å². The summed E-state index contributed by atoms with van der Waals surface area (Å²) in [6, 6.07) is 0. The van der Waals surface area contributed by atoms with Gasteiger partial charge >= 0.3 is 0 Å². The first-order valence-electron chi connectivity index (χ1n) is 5.65. The summed E-state index contributed by atoms with van der Waals surface area (Å²) in [5, 5.41) is 0. The van der Waals surface area contributed by atoms with Gasteiger partial charge in [-0.3, -0.25) is 0 Å². The van der Waals surface area contributed by atoms with Crippen molar-refractivity contribution in [1.29, 1.82) is 0 Å². The van der Waals surface area contributed by atoms with Crippen molar-refractivity contribution < 1.29 is 0 Å². The van der Waals surface area contributed by atoms with Crippen molar-refractivity contribution >= 4 is 0 Å². The summed E-state index contributed by atoms with van der Waals surface area (Å²) in [7, 11) is 0. The van der Waals surface area contributed by atoms with Gasteiger partial charge in [0.05, 0.1) is 0 Å². The monoisotopic (exact) mass is 181 g/mol. The van der Waals surface area contributed by atoms with Crippen molar-refractivity contribution in [2.24, 2.45) is 17.6 Å². The molecule has 1 saturated carbocycles. The summed E-state index contributed by atoms with van der Waals surface area (Å²) >= 11 is 0. The highest BCUT2D eigenvalue weighted by molar-refractivity contribution is 5.10. The lowest BCUT2D eigenvalue weighted by Gasteiger charge is -2.27. The first-order chi connectivity index (χ1) is 6.25. The van der Waals surface area contributed by atoms with Gasteiger partial charge in [0.15, 0.2) is 0 Å². The quantitative estimate of drug-likeness (QED) is 0.665. The van der Waals surface area contributed by atoms with E-state index in [9.17, 15) is 0 Å². The topological polar surface area (TPSA) is 26.0 Å². The van der Waals surface area contributed by atoms with Crippen molar-refractivity contribution in [3.05, 3.63) is 11.6 Å². The normalized spacial score (nSPS) is 21.1. The predicted octanol–water partition coefficient (Wildman–Crippen LogP) is 3.11. The molecule has 0 unspecified atom stereocenters. The average Bonchev–Trinajstić information content (AvgIpc) is 2.15. The Morgan fingerprint density at radius 2 is 1.92 bits per heavy atom. The number of rotatable bonds is 3. The summed E-state index contributed by atoms with van der Waals surface area (Å²) in [6.45, 7) is 5.29. The van der Waals surface area contributed by atoms with Gasteiger partial charge in [-0.15, -0.1) is 0 Å². The van der Waals surface area contributed by atoms with Crippen LogP contribution in [0.15, 0.2) is 11.6 Å². The third-order valence-electron chi connectivity index (χ3n) is 3.10. The van der Waals surface area contributed by atoms with Gasteiger partial charge in [0, 0.05) is 6.54 Å². The molecule has 0 aromatic heterocycles. The van der Waals surface area contributed by atoms with Crippen LogP contribution in [0.25, 0.3) is 0 Å². The average molecular weight is 181 g/mol. The van der Waals surface area contributed by atoms with Gasteiger partial charge in [-0.25, -0.2) is 0 Å². The molecule has 0 aromatic rings. The molecule has 1 nitrogen and oxygen atoms in total. The minimum atomic E-state index is 0.687. The van der Waals surface area contributed by atoms with E-state index < -0.39 is 0 Å². The van der Waals surface area contributed by atoms with E-state index in [4.69, 9.17) is 5.73 Å². The molecule has 0 spiro atoms. The maximum atomic E-state index is 5.60. The highest BCUT2D eigenvalue weighted by Gasteiger charge is 2.19. The van der Waals surface area contributed by atoms with Crippen LogP contribution in [0.1, 0.15) is 46.0 Å². The van der Waals surface area contributed by atoms with Crippen molar-refractivity contribution in [2.75, 3.05) is 6.54 Å². The van der Waals surface area contributed by atoms with E-state index in [2.05, 4.69) is 19.9 Å². The SMILES string of the molecule is CC(C)/C(=C\CN)C1CCCCC1. The lowest BCUT2D eigenvalue weighted by molar-refractivity contribution is 0.380. The Morgan fingerprint density at radius 3 is 2.38 bits per heavy atom. The molecule has 2 N–H and O–H groups in total. The van der Waals surface area contributed by atoms with Crippen molar-refractivity contribution in [3.63, 3.8) is 0 Å². The summed E-state index contributed by atoms with van der Waals surface area (Å²) in [5.74, 6) is 1.53. The van der Waals surface area contributed by atoms with Crippen LogP contribution in [0.4, 0.5) is 0 Å². The van der Waals surface area contributed by atoms with Gasteiger partial charge in [-0.1, -0.05) is 44.8 Å². The van der Waals surface area contributed by atoms with E-state index in [0.717, 1.165) is 5.92 Å². The third-order valence-corrected chi connectivity index (χ3v) is 3.10. The third kappa shape index (κ3) is 3.15. The Bertz CT molecular complexity index is 164. The van der Waals surface area contributed by atoms with E-state index in [-0.39, 0.29) is 0 Å². The zero-order valence-electron chi connectivity index (χ0n) is 9.05.